The molecule has 1 aromatic heterocycles. The maximum atomic E-state index is 11.8. The highest BCUT2D eigenvalue weighted by atomic mass is 35.5. The van der Waals surface area contributed by atoms with Crippen LogP contribution < -0.4 is 10.2 Å². The number of amides is 1. The van der Waals surface area contributed by atoms with E-state index in [-0.39, 0.29) is 12.3 Å². The number of nitro benzene ring substituents is 1. The Morgan fingerprint density at radius 2 is 2.10 bits per heavy atom. The number of nitrogens with zero attached hydrogens (tertiary/aromatic N) is 2. The van der Waals surface area contributed by atoms with Crippen molar-refractivity contribution in [2.75, 3.05) is 6.61 Å². The third kappa shape index (κ3) is 5.43. The molecule has 0 atom stereocenters. The molecule has 1 amide bonds. The zero-order chi connectivity index (χ0) is 20.8. The van der Waals surface area contributed by atoms with E-state index in [1.165, 1.54) is 24.4 Å². The van der Waals surface area contributed by atoms with E-state index < -0.39 is 10.8 Å². The molecule has 0 aliphatic carbocycles. The van der Waals surface area contributed by atoms with Gasteiger partial charge >= 0.3 is 0 Å². The van der Waals surface area contributed by atoms with E-state index >= 15 is 0 Å². The average Bonchev–Trinajstić information content (AvgIpc) is 3.15. The van der Waals surface area contributed by atoms with Crippen molar-refractivity contribution in [3.63, 3.8) is 0 Å². The number of nitro groups is 1. The topological polar surface area (TPSA) is 107 Å². The summed E-state index contributed by atoms with van der Waals surface area (Å²) >= 11 is 6.10. The minimum Gasteiger partial charge on any atom is -0.484 e. The minimum atomic E-state index is -0.514. The van der Waals surface area contributed by atoms with Crippen LogP contribution in [0.25, 0.3) is 11.3 Å². The summed E-state index contributed by atoms with van der Waals surface area (Å²) in [5.41, 5.74) is 3.64. The van der Waals surface area contributed by atoms with Gasteiger partial charge in [-0.3, -0.25) is 14.9 Å². The third-order valence-electron chi connectivity index (χ3n) is 3.79. The summed E-state index contributed by atoms with van der Waals surface area (Å²) in [6.07, 6.45) is 1.30. The predicted molar refractivity (Wildman–Crippen MR) is 108 cm³/mol. The van der Waals surface area contributed by atoms with Crippen LogP contribution in [0.4, 0.5) is 5.69 Å². The number of non-ortho nitro benzene ring substituents is 1. The molecule has 0 radical (unpaired) electrons. The van der Waals surface area contributed by atoms with Crippen LogP contribution in [0.15, 0.2) is 64.1 Å². The number of halogens is 1. The number of carbonyl (C=O) groups is 1. The maximum Gasteiger partial charge on any atom is 0.277 e. The van der Waals surface area contributed by atoms with E-state index in [0.29, 0.717) is 27.9 Å². The first-order chi connectivity index (χ1) is 13.9. The molecule has 1 heterocycles. The molecular weight excluding hydrogens is 398 g/mol. The summed E-state index contributed by atoms with van der Waals surface area (Å²) in [4.78, 5) is 22.2. The molecular formula is C20H16ClN3O5. The highest BCUT2D eigenvalue weighted by Crippen LogP contribution is 2.32. The number of furan rings is 1. The number of ether oxygens (including phenoxy) is 1. The number of aryl methyl sites for hydroxylation is 1. The second kappa shape index (κ2) is 9.03. The Balaban J connectivity index is 1.58. The molecule has 148 valence electrons. The number of hydrogen-bond acceptors (Lipinski definition) is 6. The van der Waals surface area contributed by atoms with Crippen molar-refractivity contribution in [1.82, 2.24) is 5.43 Å². The largest absolute Gasteiger partial charge is 0.484 e. The molecule has 1 N–H and O–H groups in total. The lowest BCUT2D eigenvalue weighted by Gasteiger charge is -2.05. The quantitative estimate of drug-likeness (QED) is 0.352. The van der Waals surface area contributed by atoms with Crippen molar-refractivity contribution in [1.29, 1.82) is 0 Å². The Kier molecular flexibility index (Phi) is 6.25. The van der Waals surface area contributed by atoms with Crippen LogP contribution >= 0.6 is 11.6 Å². The molecule has 0 aliphatic rings. The van der Waals surface area contributed by atoms with Gasteiger partial charge in [-0.25, -0.2) is 5.43 Å². The van der Waals surface area contributed by atoms with Crippen LogP contribution in [-0.4, -0.2) is 23.7 Å². The first kappa shape index (κ1) is 20.1. The van der Waals surface area contributed by atoms with Crippen molar-refractivity contribution in [2.45, 2.75) is 6.92 Å². The molecule has 8 nitrogen and oxygen atoms in total. The smallest absolute Gasteiger partial charge is 0.277 e. The van der Waals surface area contributed by atoms with Gasteiger partial charge in [0.05, 0.1) is 16.2 Å². The number of hydrazone groups is 1. The Morgan fingerprint density at radius 3 is 2.86 bits per heavy atom. The molecule has 29 heavy (non-hydrogen) atoms. The molecule has 0 unspecified atom stereocenters. The molecule has 0 saturated heterocycles. The third-order valence-corrected chi connectivity index (χ3v) is 4.12. The first-order valence-corrected chi connectivity index (χ1v) is 8.85. The van der Waals surface area contributed by atoms with E-state index in [1.807, 2.05) is 25.1 Å². The molecule has 2 aromatic carbocycles. The second-order valence-electron chi connectivity index (χ2n) is 6.02. The monoisotopic (exact) mass is 413 g/mol. The van der Waals surface area contributed by atoms with Gasteiger partial charge in [0.1, 0.15) is 17.3 Å². The fourth-order valence-electron chi connectivity index (χ4n) is 2.44. The van der Waals surface area contributed by atoms with Crippen molar-refractivity contribution < 1.29 is 18.9 Å². The van der Waals surface area contributed by atoms with Crippen LogP contribution in [0.2, 0.25) is 5.02 Å². The molecule has 0 fully saturated rings. The Labute approximate surface area is 170 Å². The van der Waals surface area contributed by atoms with Crippen LogP contribution in [0, 0.1) is 17.0 Å². The molecule has 9 heteroatoms. The van der Waals surface area contributed by atoms with Crippen molar-refractivity contribution in [2.24, 2.45) is 5.10 Å². The number of hydrogen-bond donors (Lipinski definition) is 1. The van der Waals surface area contributed by atoms with Gasteiger partial charge < -0.3 is 9.15 Å². The van der Waals surface area contributed by atoms with Crippen molar-refractivity contribution in [3.05, 3.63) is 81.1 Å². The molecule has 0 saturated carbocycles. The van der Waals surface area contributed by atoms with Crippen LogP contribution in [0.3, 0.4) is 0 Å². The molecule has 0 aliphatic heterocycles. The number of rotatable bonds is 7. The Morgan fingerprint density at radius 1 is 1.28 bits per heavy atom. The molecule has 0 spiro atoms. The van der Waals surface area contributed by atoms with Gasteiger partial charge in [0, 0.05) is 17.7 Å². The minimum absolute atomic E-state index is 0.100. The van der Waals surface area contributed by atoms with E-state index in [9.17, 15) is 14.9 Å². The van der Waals surface area contributed by atoms with Gasteiger partial charge in [-0.1, -0.05) is 23.7 Å². The SMILES string of the molecule is Cc1cccc(OCC(=O)N/N=C/c2ccc(-c3cc([N+](=O)[O-])ccc3Cl)o2)c1. The summed E-state index contributed by atoms with van der Waals surface area (Å²) in [5.74, 6) is 0.835. The summed E-state index contributed by atoms with van der Waals surface area (Å²) in [6, 6.07) is 14.6. The lowest BCUT2D eigenvalue weighted by atomic mass is 10.1. The summed E-state index contributed by atoms with van der Waals surface area (Å²) < 4.78 is 10.9. The fraction of sp³-hybridized carbons (Fsp3) is 0.100. The second-order valence-corrected chi connectivity index (χ2v) is 6.43. The Bertz CT molecular complexity index is 1080. The number of nitrogens with one attached hydrogen (secondary N) is 1. The Hall–Kier alpha value is -3.65. The lowest BCUT2D eigenvalue weighted by molar-refractivity contribution is -0.384. The zero-order valence-electron chi connectivity index (χ0n) is 15.3. The zero-order valence-corrected chi connectivity index (χ0v) is 16.1. The van der Waals surface area contributed by atoms with Crippen LogP contribution in [-0.2, 0) is 4.79 Å². The summed E-state index contributed by atoms with van der Waals surface area (Å²) in [6.45, 7) is 1.74. The van der Waals surface area contributed by atoms with Gasteiger partial charge in [0.15, 0.2) is 6.61 Å². The summed E-state index contributed by atoms with van der Waals surface area (Å²) in [7, 11) is 0. The lowest BCUT2D eigenvalue weighted by Crippen LogP contribution is -2.24. The predicted octanol–water partition coefficient (Wildman–Crippen LogP) is 4.35. The highest BCUT2D eigenvalue weighted by Gasteiger charge is 2.14. The van der Waals surface area contributed by atoms with E-state index in [2.05, 4.69) is 10.5 Å². The normalized spacial score (nSPS) is 10.8. The van der Waals surface area contributed by atoms with Crippen molar-refractivity contribution in [3.8, 4) is 17.1 Å². The molecule has 3 aromatic rings. The summed E-state index contributed by atoms with van der Waals surface area (Å²) in [5, 5.41) is 15.0. The average molecular weight is 414 g/mol. The first-order valence-electron chi connectivity index (χ1n) is 8.48. The highest BCUT2D eigenvalue weighted by molar-refractivity contribution is 6.33. The maximum absolute atomic E-state index is 11.8. The fourth-order valence-corrected chi connectivity index (χ4v) is 2.65. The van der Waals surface area contributed by atoms with Crippen LogP contribution in [0.5, 0.6) is 5.75 Å². The van der Waals surface area contributed by atoms with Crippen molar-refractivity contribution >= 4 is 29.4 Å². The van der Waals surface area contributed by atoms with Crippen LogP contribution in [0.1, 0.15) is 11.3 Å². The number of carbonyl (C=O) groups excluding carboxylic acids is 1. The van der Waals surface area contributed by atoms with Gasteiger partial charge in [-0.2, -0.15) is 5.10 Å². The molecule has 0 bridgehead atoms. The number of benzene rings is 2. The van der Waals surface area contributed by atoms with Gasteiger partial charge in [-0.15, -0.1) is 0 Å². The van der Waals surface area contributed by atoms with Gasteiger partial charge in [0.2, 0.25) is 0 Å². The standard InChI is InChI=1S/C20H16ClN3O5/c1-13-3-2-4-15(9-13)28-12-20(25)23-22-11-16-6-8-19(29-16)17-10-14(24(26)27)5-7-18(17)21/h2-11H,12H2,1H3,(H,23,25)/b22-11+. The van der Waals surface area contributed by atoms with E-state index in [1.54, 1.807) is 18.2 Å². The van der Waals surface area contributed by atoms with Gasteiger partial charge in [0.25, 0.3) is 11.6 Å². The molecule has 3 rings (SSSR count). The van der Waals surface area contributed by atoms with E-state index in [4.69, 9.17) is 20.8 Å². The van der Waals surface area contributed by atoms with E-state index in [0.717, 1.165) is 5.56 Å². The van der Waals surface area contributed by atoms with Gasteiger partial charge in [-0.05, 0) is 42.8 Å².